The first-order valence-corrected chi connectivity index (χ1v) is 23.8. The van der Waals surface area contributed by atoms with Gasteiger partial charge in [0.2, 0.25) is 0 Å². The Morgan fingerprint density at radius 2 is 1.30 bits per heavy atom. The van der Waals surface area contributed by atoms with Gasteiger partial charge in [-0.05, 0) is 6.42 Å². The fourth-order valence-electron chi connectivity index (χ4n) is 4.61. The predicted molar refractivity (Wildman–Crippen MR) is 119 cm³/mol. The number of nitrogens with zero attached hydrogens (tertiary/aromatic N) is 1. The van der Waals surface area contributed by atoms with Gasteiger partial charge in [0.15, 0.2) is 12.7 Å². The molecule has 140 valence electrons. The van der Waals surface area contributed by atoms with Crippen molar-refractivity contribution in [1.29, 1.82) is 0 Å². The van der Waals surface area contributed by atoms with Gasteiger partial charge in [-0.1, -0.05) is 72.3 Å². The zero-order valence-electron chi connectivity index (χ0n) is 16.9. The lowest BCUT2D eigenvalue weighted by Gasteiger charge is -2.54. The number of guanidine groups is 1. The Hall–Kier alpha value is 0.388. The van der Waals surface area contributed by atoms with Gasteiger partial charge in [-0.3, -0.25) is 0 Å². The monoisotopic (exact) mass is 413 g/mol. The van der Waals surface area contributed by atoms with Crippen molar-refractivity contribution in [2.45, 2.75) is 84.9 Å². The molecule has 0 radical (unpaired) electrons. The molecule has 23 heavy (non-hydrogen) atoms. The highest BCUT2D eigenvalue weighted by atomic mass is 35.5. The van der Waals surface area contributed by atoms with E-state index in [1.165, 1.54) is 0 Å². The van der Waals surface area contributed by atoms with Gasteiger partial charge >= 0.3 is 0 Å². The minimum Gasteiger partial charge on any atom is -0.374 e. The highest BCUT2D eigenvalue weighted by Crippen LogP contribution is 2.37. The van der Waals surface area contributed by atoms with Crippen molar-refractivity contribution in [3.63, 3.8) is 0 Å². The van der Waals surface area contributed by atoms with Crippen LogP contribution in [0.4, 0.5) is 0 Å². The zero-order chi connectivity index (χ0) is 18.0. The number of nitrogens with one attached hydrogen (secondary N) is 1. The van der Waals surface area contributed by atoms with Gasteiger partial charge in [0.25, 0.3) is 0 Å². The summed E-state index contributed by atoms with van der Waals surface area (Å²) in [4.78, 5) is 0. The molecular formula is C14H40ClN3OSi4. The molecule has 0 aromatic heterocycles. The number of aliphatic hydroxyl groups excluding tert-OH is 1. The van der Waals surface area contributed by atoms with Crippen molar-refractivity contribution >= 4 is 47.9 Å². The summed E-state index contributed by atoms with van der Waals surface area (Å²) in [6.45, 7) is 22.5. The van der Waals surface area contributed by atoms with Crippen molar-refractivity contribution < 1.29 is 5.11 Å². The van der Waals surface area contributed by atoms with Crippen LogP contribution in [-0.4, -0.2) is 46.9 Å². The average Bonchev–Trinajstić information content (AvgIpc) is 2.20. The van der Waals surface area contributed by atoms with Crippen molar-refractivity contribution in [1.82, 2.24) is 5.32 Å². The van der Waals surface area contributed by atoms with Gasteiger partial charge in [-0.2, -0.15) is 0 Å². The summed E-state index contributed by atoms with van der Waals surface area (Å²) in [5.41, 5.74) is 6.26. The molecule has 0 aromatic rings. The van der Waals surface area contributed by atoms with Gasteiger partial charge in [-0.15, -0.1) is 12.4 Å². The van der Waals surface area contributed by atoms with E-state index in [0.717, 1.165) is 6.42 Å². The van der Waals surface area contributed by atoms with Gasteiger partial charge in [0, 0.05) is 0 Å². The van der Waals surface area contributed by atoms with E-state index >= 15 is 0 Å². The predicted octanol–water partition coefficient (Wildman–Crippen LogP) is 3.63. The molecule has 0 amide bonds. The number of hydrogen-bond acceptors (Lipinski definition) is 2. The van der Waals surface area contributed by atoms with E-state index in [4.69, 9.17) is 10.4 Å². The standard InChI is InChI=1S/C14H39N3OSi4.ClH/c1-11-12-13(18)16-14(15)17-22(19(2,3)4,20(5,6)7)21(8,9)10;/h13,18H,11-12H2,1-10H3,(H3,15,16,17);1H. The molecule has 0 spiro atoms. The highest BCUT2D eigenvalue weighted by molar-refractivity contribution is 7.89. The Morgan fingerprint density at radius 1 is 0.957 bits per heavy atom. The molecule has 0 heterocycles. The summed E-state index contributed by atoms with van der Waals surface area (Å²) in [5, 5.41) is 13.0. The largest absolute Gasteiger partial charge is 0.374 e. The Kier molecular flexibility index (Phi) is 9.65. The summed E-state index contributed by atoms with van der Waals surface area (Å²) < 4.78 is 5.29. The second-order valence-corrected chi connectivity index (χ2v) is 49.1. The van der Waals surface area contributed by atoms with E-state index in [2.05, 4.69) is 71.2 Å². The second-order valence-electron chi connectivity index (χ2n) is 9.41. The summed E-state index contributed by atoms with van der Waals surface area (Å²) in [6.07, 6.45) is 1.06. The van der Waals surface area contributed by atoms with Gasteiger partial charge in [0.05, 0.1) is 22.8 Å². The van der Waals surface area contributed by atoms with Crippen LogP contribution in [0.2, 0.25) is 58.9 Å². The summed E-state index contributed by atoms with van der Waals surface area (Å²) in [6, 6.07) is 0. The van der Waals surface area contributed by atoms with Crippen LogP contribution in [0.5, 0.6) is 0 Å². The van der Waals surface area contributed by atoms with Crippen molar-refractivity contribution in [2.75, 3.05) is 0 Å². The molecule has 0 fully saturated rings. The molecule has 0 aromatic carbocycles. The lowest BCUT2D eigenvalue weighted by atomic mass is 10.3. The van der Waals surface area contributed by atoms with Crippen LogP contribution >= 0.6 is 12.4 Å². The molecule has 1 unspecified atom stereocenters. The number of hydrogen-bond donors (Lipinski definition) is 3. The Labute approximate surface area is 153 Å². The molecule has 9 heteroatoms. The van der Waals surface area contributed by atoms with Crippen molar-refractivity contribution in [3.8, 4) is 0 Å². The first-order valence-electron chi connectivity index (χ1n) is 8.40. The second kappa shape index (κ2) is 8.66. The van der Waals surface area contributed by atoms with E-state index in [-0.39, 0.29) is 12.4 Å². The third-order valence-corrected chi connectivity index (χ3v) is 72.6. The minimum atomic E-state index is -1.85. The van der Waals surface area contributed by atoms with Crippen LogP contribution in [0.3, 0.4) is 0 Å². The van der Waals surface area contributed by atoms with Gasteiger partial charge in [-0.25, -0.2) is 0 Å². The third kappa shape index (κ3) is 6.00. The SMILES string of the molecule is CCCC(O)N/C(N)=N\[Si]([Si](C)(C)C)([Si](C)(C)C)[Si](C)(C)C.Cl. The molecule has 0 aliphatic rings. The van der Waals surface area contributed by atoms with Crippen molar-refractivity contribution in [3.05, 3.63) is 0 Å². The quantitative estimate of drug-likeness (QED) is 0.258. The minimum absolute atomic E-state index is 0. The van der Waals surface area contributed by atoms with E-state index in [1.54, 1.807) is 0 Å². The number of rotatable bonds is 7. The first kappa shape index (κ1) is 25.6. The third-order valence-electron chi connectivity index (χ3n) is 4.42. The summed E-state index contributed by atoms with van der Waals surface area (Å²) in [5.74, 6) is 0.486. The summed E-state index contributed by atoms with van der Waals surface area (Å²) in [7, 11) is -4.40. The molecule has 0 saturated heterocycles. The lowest BCUT2D eigenvalue weighted by Crippen LogP contribution is -2.82. The average molecular weight is 414 g/mol. The number of halogens is 1. The smallest absolute Gasteiger partial charge is 0.180 e. The number of aliphatic hydroxyl groups is 1. The van der Waals surface area contributed by atoms with Crippen molar-refractivity contribution in [2.24, 2.45) is 10.4 Å². The Balaban J connectivity index is 0. The summed E-state index contributed by atoms with van der Waals surface area (Å²) >= 11 is 0. The van der Waals surface area contributed by atoms with E-state index in [0.29, 0.717) is 12.4 Å². The van der Waals surface area contributed by atoms with E-state index in [9.17, 15) is 5.11 Å². The van der Waals surface area contributed by atoms with Crippen LogP contribution < -0.4 is 11.1 Å². The maximum Gasteiger partial charge on any atom is 0.180 e. The van der Waals surface area contributed by atoms with Crippen LogP contribution in [0, 0.1) is 0 Å². The van der Waals surface area contributed by atoms with Crippen LogP contribution in [-0.2, 0) is 0 Å². The lowest BCUT2D eigenvalue weighted by molar-refractivity contribution is 0.149. The molecule has 4 nitrogen and oxygen atoms in total. The molecule has 1 atom stereocenters. The Bertz CT molecular complexity index is 364. The Morgan fingerprint density at radius 3 is 1.57 bits per heavy atom. The van der Waals surface area contributed by atoms with Crippen LogP contribution in [0.1, 0.15) is 19.8 Å². The number of nitrogens with two attached hydrogens (primary N) is 1. The normalized spacial score (nSPS) is 15.9. The fraction of sp³-hybridized carbons (Fsp3) is 0.929. The van der Waals surface area contributed by atoms with E-state index < -0.39 is 35.8 Å². The topological polar surface area (TPSA) is 70.6 Å². The maximum absolute atomic E-state index is 10.0. The molecule has 4 N–H and O–H groups in total. The molecule has 0 bridgehead atoms. The zero-order valence-corrected chi connectivity index (χ0v) is 21.7. The molecule has 0 rings (SSSR count). The first-order chi connectivity index (χ1) is 9.60. The highest BCUT2D eigenvalue weighted by Gasteiger charge is 2.63. The van der Waals surface area contributed by atoms with Gasteiger partial charge in [0.1, 0.15) is 6.23 Å². The molecule has 0 aliphatic carbocycles. The molecule has 0 aliphatic heterocycles. The fourth-order valence-corrected chi connectivity index (χ4v) is 97.9. The van der Waals surface area contributed by atoms with Gasteiger partial charge < -0.3 is 20.8 Å². The van der Waals surface area contributed by atoms with E-state index in [1.807, 2.05) is 0 Å². The molecule has 0 saturated carbocycles. The van der Waals surface area contributed by atoms with Crippen LogP contribution in [0.15, 0.2) is 4.66 Å². The van der Waals surface area contributed by atoms with Crippen LogP contribution in [0.25, 0.3) is 0 Å². The molecular weight excluding hydrogens is 374 g/mol. The maximum atomic E-state index is 10.0.